The van der Waals surface area contributed by atoms with E-state index in [1.165, 1.54) is 25.2 Å². The third-order valence-corrected chi connectivity index (χ3v) is 3.32. The summed E-state index contributed by atoms with van der Waals surface area (Å²) < 4.78 is 0. The first-order valence-corrected chi connectivity index (χ1v) is 6.50. The van der Waals surface area contributed by atoms with Gasteiger partial charge >= 0.3 is 5.97 Å². The van der Waals surface area contributed by atoms with Gasteiger partial charge in [-0.05, 0) is 25.3 Å². The molecule has 0 spiro atoms. The van der Waals surface area contributed by atoms with Gasteiger partial charge in [0.25, 0.3) is 0 Å². The highest BCUT2D eigenvalue weighted by Gasteiger charge is 2.25. The fraction of sp³-hybridized carbons (Fsp3) is 0.417. The number of carboxylic acids is 1. The van der Waals surface area contributed by atoms with E-state index < -0.39 is 11.5 Å². The molecule has 7 heteroatoms. The van der Waals surface area contributed by atoms with Crippen LogP contribution in [-0.2, 0) is 9.59 Å². The quantitative estimate of drug-likeness (QED) is 0.731. The van der Waals surface area contributed by atoms with E-state index >= 15 is 0 Å². The van der Waals surface area contributed by atoms with Crippen molar-refractivity contribution in [3.8, 4) is 6.07 Å². The molecule has 0 bridgehead atoms. The molecule has 0 unspecified atom stereocenters. The number of amides is 1. The summed E-state index contributed by atoms with van der Waals surface area (Å²) in [5.41, 5.74) is -0.640. The van der Waals surface area contributed by atoms with Crippen molar-refractivity contribution in [2.45, 2.75) is 25.8 Å². The van der Waals surface area contributed by atoms with Crippen LogP contribution in [0.1, 0.15) is 25.8 Å². The number of hydrogen-bond acceptors (Lipinski definition) is 5. The number of thiophene rings is 1. The summed E-state index contributed by atoms with van der Waals surface area (Å²) in [5.74, 6) is -1.23. The molecule has 1 rings (SSSR count). The molecule has 0 aromatic carbocycles. The minimum Gasteiger partial charge on any atom is -0.480 e. The Morgan fingerprint density at radius 1 is 1.53 bits per heavy atom. The molecular formula is C12H15N3O3S. The molecule has 0 aliphatic rings. The van der Waals surface area contributed by atoms with Crippen molar-refractivity contribution in [3.05, 3.63) is 17.0 Å². The summed E-state index contributed by atoms with van der Waals surface area (Å²) in [6.07, 6.45) is 0.138. The number of aliphatic carboxylic acids is 1. The average Bonchev–Trinajstić information content (AvgIpc) is 2.75. The summed E-state index contributed by atoms with van der Waals surface area (Å²) in [4.78, 5) is 22.5. The van der Waals surface area contributed by atoms with Gasteiger partial charge < -0.3 is 15.7 Å². The molecule has 6 nitrogen and oxygen atoms in total. The van der Waals surface area contributed by atoms with E-state index in [0.717, 1.165) is 0 Å². The van der Waals surface area contributed by atoms with Crippen LogP contribution in [0.15, 0.2) is 11.4 Å². The maximum atomic E-state index is 11.6. The summed E-state index contributed by atoms with van der Waals surface area (Å²) in [6.45, 7) is 3.30. The van der Waals surface area contributed by atoms with Crippen molar-refractivity contribution >= 4 is 28.2 Å². The van der Waals surface area contributed by atoms with Gasteiger partial charge in [-0.3, -0.25) is 9.59 Å². The summed E-state index contributed by atoms with van der Waals surface area (Å²) in [5, 5.41) is 25.3. The maximum Gasteiger partial charge on any atom is 0.323 e. The lowest BCUT2D eigenvalue weighted by Crippen LogP contribution is -2.47. The number of rotatable bonds is 6. The normalized spacial score (nSPS) is 10.8. The van der Waals surface area contributed by atoms with E-state index in [9.17, 15) is 9.59 Å². The first-order valence-electron chi connectivity index (χ1n) is 5.62. The zero-order valence-corrected chi connectivity index (χ0v) is 11.5. The zero-order valence-electron chi connectivity index (χ0n) is 10.7. The molecule has 0 atom stereocenters. The Labute approximate surface area is 115 Å². The van der Waals surface area contributed by atoms with Crippen molar-refractivity contribution in [3.63, 3.8) is 0 Å². The number of carbonyl (C=O) groups is 2. The van der Waals surface area contributed by atoms with Crippen molar-refractivity contribution in [2.24, 2.45) is 0 Å². The highest BCUT2D eigenvalue weighted by molar-refractivity contribution is 7.14. The first-order chi connectivity index (χ1) is 8.86. The molecule has 0 fully saturated rings. The van der Waals surface area contributed by atoms with Gasteiger partial charge in [-0.2, -0.15) is 5.26 Å². The van der Waals surface area contributed by atoms with Crippen LogP contribution >= 0.6 is 11.3 Å². The van der Waals surface area contributed by atoms with Gasteiger partial charge in [0.15, 0.2) is 0 Å². The number of nitrogens with one attached hydrogen (secondary N) is 2. The Balaban J connectivity index is 2.42. The lowest BCUT2D eigenvalue weighted by atomic mass is 10.1. The molecule has 0 aliphatic heterocycles. The van der Waals surface area contributed by atoms with Crippen LogP contribution in [0.3, 0.4) is 0 Å². The Morgan fingerprint density at radius 3 is 2.79 bits per heavy atom. The fourth-order valence-electron chi connectivity index (χ4n) is 1.25. The first kappa shape index (κ1) is 15.1. The Morgan fingerprint density at radius 2 is 2.21 bits per heavy atom. The topological polar surface area (TPSA) is 102 Å². The summed E-state index contributed by atoms with van der Waals surface area (Å²) in [6, 6.07) is 3.61. The van der Waals surface area contributed by atoms with Crippen LogP contribution in [0, 0.1) is 11.3 Å². The minimum absolute atomic E-state index is 0.138. The molecular weight excluding hydrogens is 266 g/mol. The van der Waals surface area contributed by atoms with E-state index in [1.807, 2.05) is 6.07 Å². The number of hydrogen-bond donors (Lipinski definition) is 3. The van der Waals surface area contributed by atoms with Gasteiger partial charge in [-0.15, -0.1) is 11.3 Å². The van der Waals surface area contributed by atoms with Crippen LogP contribution in [0.5, 0.6) is 0 Å². The van der Waals surface area contributed by atoms with E-state index in [0.29, 0.717) is 10.6 Å². The second-order valence-corrected chi connectivity index (χ2v) is 5.35. The second-order valence-electron chi connectivity index (χ2n) is 4.43. The van der Waals surface area contributed by atoms with Gasteiger partial charge in [0.1, 0.15) is 16.6 Å². The highest BCUT2D eigenvalue weighted by atomic mass is 32.1. The van der Waals surface area contributed by atoms with Crippen molar-refractivity contribution in [2.75, 3.05) is 11.9 Å². The molecule has 0 saturated carbocycles. The fourth-order valence-corrected chi connectivity index (χ4v) is 2.00. The third kappa shape index (κ3) is 4.35. The van der Waals surface area contributed by atoms with E-state index in [4.69, 9.17) is 10.4 Å². The zero-order chi connectivity index (χ0) is 14.5. The van der Waals surface area contributed by atoms with E-state index in [-0.39, 0.29) is 18.9 Å². The van der Waals surface area contributed by atoms with Crippen LogP contribution in [0.2, 0.25) is 0 Å². The largest absolute Gasteiger partial charge is 0.480 e. The minimum atomic E-state index is -1.07. The highest BCUT2D eigenvalue weighted by Crippen LogP contribution is 2.22. The summed E-state index contributed by atoms with van der Waals surface area (Å²) in [7, 11) is 0. The Kier molecular flexibility index (Phi) is 5.03. The standard InChI is InChI=1S/C12H15N3O3S/c1-12(2,11(17)18)14-5-3-9(16)15-10-8(7-13)4-6-19-10/h4,6,14H,3,5H2,1-2H3,(H,15,16)(H,17,18). The second kappa shape index (κ2) is 6.31. The molecule has 0 aliphatic carbocycles. The Bertz CT molecular complexity index is 517. The molecule has 0 saturated heterocycles. The number of carbonyl (C=O) groups excluding carboxylic acids is 1. The molecule has 19 heavy (non-hydrogen) atoms. The van der Waals surface area contributed by atoms with Crippen LogP contribution in [0.4, 0.5) is 5.00 Å². The molecule has 0 radical (unpaired) electrons. The van der Waals surface area contributed by atoms with Crippen molar-refractivity contribution in [1.82, 2.24) is 5.32 Å². The van der Waals surface area contributed by atoms with Gasteiger partial charge in [-0.25, -0.2) is 0 Å². The van der Waals surface area contributed by atoms with Crippen LogP contribution in [0.25, 0.3) is 0 Å². The molecule has 3 N–H and O–H groups in total. The van der Waals surface area contributed by atoms with Gasteiger partial charge in [0, 0.05) is 13.0 Å². The van der Waals surface area contributed by atoms with E-state index in [2.05, 4.69) is 10.6 Å². The molecule has 1 amide bonds. The number of anilines is 1. The number of nitrogens with zero attached hydrogens (tertiary/aromatic N) is 1. The van der Waals surface area contributed by atoms with Crippen molar-refractivity contribution < 1.29 is 14.7 Å². The lowest BCUT2D eigenvalue weighted by Gasteiger charge is -2.20. The average molecular weight is 281 g/mol. The maximum absolute atomic E-state index is 11.6. The third-order valence-electron chi connectivity index (χ3n) is 2.49. The Hall–Kier alpha value is -1.91. The predicted molar refractivity (Wildman–Crippen MR) is 72.0 cm³/mol. The van der Waals surface area contributed by atoms with Gasteiger partial charge in [-0.1, -0.05) is 0 Å². The monoisotopic (exact) mass is 281 g/mol. The van der Waals surface area contributed by atoms with Gasteiger partial charge in [0.05, 0.1) is 5.56 Å². The smallest absolute Gasteiger partial charge is 0.323 e. The predicted octanol–water partition coefficient (Wildman–Crippen LogP) is 1.40. The van der Waals surface area contributed by atoms with Gasteiger partial charge in [0.2, 0.25) is 5.91 Å². The molecule has 1 heterocycles. The lowest BCUT2D eigenvalue weighted by molar-refractivity contribution is -0.143. The summed E-state index contributed by atoms with van der Waals surface area (Å²) >= 11 is 1.28. The van der Waals surface area contributed by atoms with Crippen molar-refractivity contribution in [1.29, 1.82) is 5.26 Å². The SMILES string of the molecule is CC(C)(NCCC(=O)Nc1sccc1C#N)C(=O)O. The molecule has 102 valence electrons. The van der Waals surface area contributed by atoms with Crippen LogP contribution < -0.4 is 10.6 Å². The van der Waals surface area contributed by atoms with E-state index in [1.54, 1.807) is 11.4 Å². The molecule has 1 aromatic rings. The number of nitriles is 1. The van der Waals surface area contributed by atoms with Crippen LogP contribution in [-0.4, -0.2) is 29.1 Å². The molecule has 1 aromatic heterocycles. The number of carboxylic acid groups (broad SMARTS) is 1.